The average Bonchev–Trinajstić information content (AvgIpc) is 3.31. The van der Waals surface area contributed by atoms with Gasteiger partial charge in [0.25, 0.3) is 5.91 Å². The van der Waals surface area contributed by atoms with E-state index in [4.69, 9.17) is 0 Å². The highest BCUT2D eigenvalue weighted by molar-refractivity contribution is 5.93. The maximum Gasteiger partial charge on any atom is 0.274 e. The first-order chi connectivity index (χ1) is 12.6. The minimum Gasteiger partial charge on any atom is -0.348 e. The molecule has 1 amide bonds. The van der Waals surface area contributed by atoms with Crippen molar-refractivity contribution in [2.24, 2.45) is 0 Å². The van der Waals surface area contributed by atoms with E-state index in [-0.39, 0.29) is 17.6 Å². The molecule has 1 aliphatic heterocycles. The summed E-state index contributed by atoms with van der Waals surface area (Å²) in [7, 11) is 0. The predicted molar refractivity (Wildman–Crippen MR) is 95.2 cm³/mol. The molecular weight excluding hydrogens is 333 g/mol. The van der Waals surface area contributed by atoms with Crippen LogP contribution in [0.15, 0.2) is 36.8 Å². The van der Waals surface area contributed by atoms with Crippen LogP contribution in [-0.2, 0) is 0 Å². The third-order valence-electron chi connectivity index (χ3n) is 4.97. The molecule has 6 nitrogen and oxygen atoms in total. The van der Waals surface area contributed by atoms with Gasteiger partial charge in [-0.25, -0.2) is 9.37 Å². The molecule has 0 saturated carbocycles. The number of carbonyl (C=O) groups is 1. The Morgan fingerprint density at radius 1 is 1.31 bits per heavy atom. The van der Waals surface area contributed by atoms with Gasteiger partial charge >= 0.3 is 0 Å². The minimum absolute atomic E-state index is 0.0451. The monoisotopic (exact) mass is 353 g/mol. The Kier molecular flexibility index (Phi) is 4.28. The quantitative estimate of drug-likeness (QED) is 0.759. The third-order valence-corrected chi connectivity index (χ3v) is 4.97. The van der Waals surface area contributed by atoms with Gasteiger partial charge in [-0.2, -0.15) is 5.10 Å². The second kappa shape index (κ2) is 6.74. The van der Waals surface area contributed by atoms with E-state index in [0.717, 1.165) is 41.9 Å². The summed E-state index contributed by atoms with van der Waals surface area (Å²) in [6.07, 6.45) is 5.20. The number of piperidine rings is 1. The number of nitrogens with zero attached hydrogens (tertiary/aromatic N) is 3. The summed E-state index contributed by atoms with van der Waals surface area (Å²) in [5.41, 5.74) is 4.13. The number of aryl methyl sites for hydroxylation is 1. The van der Waals surface area contributed by atoms with Crippen LogP contribution in [0, 0.1) is 12.7 Å². The molecule has 0 aliphatic carbocycles. The summed E-state index contributed by atoms with van der Waals surface area (Å²) in [6.45, 7) is 3.19. The number of hydrogen-bond acceptors (Lipinski definition) is 3. The number of amides is 1. The molecule has 134 valence electrons. The Hall–Kier alpha value is -2.96. The molecule has 1 saturated heterocycles. The first-order valence-corrected chi connectivity index (χ1v) is 8.72. The first-order valence-electron chi connectivity index (χ1n) is 8.72. The number of aromatic nitrogens is 4. The van der Waals surface area contributed by atoms with Crippen molar-refractivity contribution in [3.05, 3.63) is 59.7 Å². The smallest absolute Gasteiger partial charge is 0.274 e. The van der Waals surface area contributed by atoms with Crippen molar-refractivity contribution in [2.45, 2.75) is 25.7 Å². The molecule has 0 bridgehead atoms. The number of H-pyrrole nitrogens is 2. The Labute approximate surface area is 150 Å². The fraction of sp³-hybridized carbons (Fsp3) is 0.316. The average molecular weight is 353 g/mol. The van der Waals surface area contributed by atoms with Gasteiger partial charge in [0, 0.05) is 36.0 Å². The molecule has 1 unspecified atom stereocenters. The Morgan fingerprint density at radius 3 is 2.85 bits per heavy atom. The highest BCUT2D eigenvalue weighted by atomic mass is 19.1. The Balaban J connectivity index is 1.57. The topological polar surface area (TPSA) is 77.7 Å². The molecule has 7 heteroatoms. The van der Waals surface area contributed by atoms with Gasteiger partial charge in [0.1, 0.15) is 11.5 Å². The number of imidazole rings is 1. The van der Waals surface area contributed by atoms with Crippen LogP contribution in [0.25, 0.3) is 11.1 Å². The van der Waals surface area contributed by atoms with Crippen molar-refractivity contribution in [3.63, 3.8) is 0 Å². The van der Waals surface area contributed by atoms with E-state index in [1.165, 1.54) is 12.1 Å². The summed E-state index contributed by atoms with van der Waals surface area (Å²) in [5.74, 6) is -0.145. The number of benzene rings is 1. The number of likely N-dealkylation sites (tertiary alicyclic amines) is 1. The second-order valence-electron chi connectivity index (χ2n) is 6.67. The molecule has 26 heavy (non-hydrogen) atoms. The summed E-state index contributed by atoms with van der Waals surface area (Å²) in [4.78, 5) is 21.7. The highest BCUT2D eigenvalue weighted by Gasteiger charge is 2.29. The lowest BCUT2D eigenvalue weighted by Crippen LogP contribution is -2.39. The van der Waals surface area contributed by atoms with Gasteiger partial charge in [0.05, 0.1) is 12.5 Å². The molecule has 2 N–H and O–H groups in total. The zero-order valence-corrected chi connectivity index (χ0v) is 14.5. The minimum atomic E-state index is -0.261. The summed E-state index contributed by atoms with van der Waals surface area (Å²) >= 11 is 0. The lowest BCUT2D eigenvalue weighted by atomic mass is 9.90. The summed E-state index contributed by atoms with van der Waals surface area (Å²) < 4.78 is 13.2. The molecule has 1 atom stereocenters. The van der Waals surface area contributed by atoms with Crippen molar-refractivity contribution in [1.29, 1.82) is 0 Å². The molecule has 4 rings (SSSR count). The summed E-state index contributed by atoms with van der Waals surface area (Å²) in [6, 6.07) is 6.40. The Bertz CT molecular complexity index is 914. The number of hydrogen-bond donors (Lipinski definition) is 2. The second-order valence-corrected chi connectivity index (χ2v) is 6.67. The fourth-order valence-electron chi connectivity index (χ4n) is 3.59. The molecule has 3 aromatic rings. The van der Waals surface area contributed by atoms with Gasteiger partial charge in [0.2, 0.25) is 0 Å². The lowest BCUT2D eigenvalue weighted by molar-refractivity contribution is 0.0700. The number of aromatic amines is 2. The van der Waals surface area contributed by atoms with Crippen LogP contribution in [0.4, 0.5) is 4.39 Å². The van der Waals surface area contributed by atoms with Crippen LogP contribution in [-0.4, -0.2) is 44.1 Å². The normalized spacial score (nSPS) is 17.5. The van der Waals surface area contributed by atoms with Crippen LogP contribution in [0.3, 0.4) is 0 Å². The molecule has 1 aromatic carbocycles. The van der Waals surface area contributed by atoms with Gasteiger partial charge < -0.3 is 9.88 Å². The molecule has 2 aromatic heterocycles. The van der Waals surface area contributed by atoms with Crippen molar-refractivity contribution in [1.82, 2.24) is 25.1 Å². The molecular formula is C19H20FN5O. The van der Waals surface area contributed by atoms with E-state index < -0.39 is 0 Å². The van der Waals surface area contributed by atoms with Gasteiger partial charge in [-0.3, -0.25) is 9.89 Å². The first kappa shape index (κ1) is 16.5. The predicted octanol–water partition coefficient (Wildman–Crippen LogP) is 3.27. The van der Waals surface area contributed by atoms with Crippen LogP contribution in [0.2, 0.25) is 0 Å². The molecule has 0 radical (unpaired) electrons. The van der Waals surface area contributed by atoms with Crippen LogP contribution in [0.1, 0.15) is 40.6 Å². The van der Waals surface area contributed by atoms with Crippen molar-refractivity contribution in [2.75, 3.05) is 13.1 Å². The van der Waals surface area contributed by atoms with Crippen molar-refractivity contribution in [3.8, 4) is 11.1 Å². The van der Waals surface area contributed by atoms with Crippen LogP contribution < -0.4 is 0 Å². The Morgan fingerprint density at radius 2 is 2.12 bits per heavy atom. The number of rotatable bonds is 3. The van der Waals surface area contributed by atoms with E-state index in [1.807, 2.05) is 11.8 Å². The summed E-state index contributed by atoms with van der Waals surface area (Å²) in [5, 5.41) is 7.28. The molecule has 1 aliphatic rings. The fourth-order valence-corrected chi connectivity index (χ4v) is 3.59. The molecule has 3 heterocycles. The lowest BCUT2D eigenvalue weighted by Gasteiger charge is -2.32. The van der Waals surface area contributed by atoms with Gasteiger partial charge in [-0.1, -0.05) is 12.1 Å². The molecule has 0 spiro atoms. The zero-order valence-electron chi connectivity index (χ0n) is 14.5. The van der Waals surface area contributed by atoms with E-state index in [2.05, 4.69) is 20.2 Å². The van der Waals surface area contributed by atoms with E-state index in [9.17, 15) is 9.18 Å². The van der Waals surface area contributed by atoms with E-state index in [1.54, 1.807) is 24.7 Å². The third kappa shape index (κ3) is 3.00. The zero-order chi connectivity index (χ0) is 18.1. The van der Waals surface area contributed by atoms with Crippen LogP contribution in [0.5, 0.6) is 0 Å². The largest absolute Gasteiger partial charge is 0.348 e. The SMILES string of the molecule is Cc1[nH]cnc1C(=O)N1CCCC(c2[nH]ncc2-c2ccc(F)cc2)C1. The van der Waals surface area contributed by atoms with Crippen LogP contribution >= 0.6 is 0 Å². The maximum absolute atomic E-state index is 13.2. The number of halogens is 1. The molecule has 1 fully saturated rings. The van der Waals surface area contributed by atoms with Crippen molar-refractivity contribution < 1.29 is 9.18 Å². The highest BCUT2D eigenvalue weighted by Crippen LogP contribution is 2.33. The number of nitrogens with one attached hydrogen (secondary N) is 2. The van der Waals surface area contributed by atoms with Gasteiger partial charge in [-0.15, -0.1) is 0 Å². The number of carbonyl (C=O) groups excluding carboxylic acids is 1. The van der Waals surface area contributed by atoms with Crippen molar-refractivity contribution >= 4 is 5.91 Å². The van der Waals surface area contributed by atoms with E-state index >= 15 is 0 Å². The van der Waals surface area contributed by atoms with Gasteiger partial charge in [-0.05, 0) is 37.5 Å². The van der Waals surface area contributed by atoms with E-state index in [0.29, 0.717) is 12.2 Å². The maximum atomic E-state index is 13.2. The van der Waals surface area contributed by atoms with Gasteiger partial charge in [0.15, 0.2) is 0 Å². The standard InChI is InChI=1S/C19H20FN5O/c1-12-17(22-11-21-12)19(26)25-8-2-3-14(10-25)18-16(9-23-24-18)13-4-6-15(20)7-5-13/h4-7,9,11,14H,2-3,8,10H2,1H3,(H,21,22)(H,23,24).